The van der Waals surface area contributed by atoms with Crippen LogP contribution < -0.4 is 0 Å². The number of hydrogen-bond acceptors (Lipinski definition) is 4. The minimum atomic E-state index is 0.464. The Morgan fingerprint density at radius 1 is 0.323 bits per heavy atom. The van der Waals surface area contributed by atoms with Crippen molar-refractivity contribution in [3.63, 3.8) is 0 Å². The Kier molecular flexibility index (Phi) is 10.5. The first-order valence-electron chi connectivity index (χ1n) is 20.8. The van der Waals surface area contributed by atoms with Gasteiger partial charge in [0.05, 0.1) is 5.71 Å². The zero-order chi connectivity index (χ0) is 41.7. The van der Waals surface area contributed by atoms with Gasteiger partial charge in [-0.25, -0.2) is 15.0 Å². The topological polar surface area (TPSA) is 62.5 Å². The highest BCUT2D eigenvalue weighted by atomic mass is 15.0. The maximum absolute atomic E-state index is 9.06. The highest BCUT2D eigenvalue weighted by Gasteiger charge is 2.16. The van der Waals surface area contributed by atoms with Crippen molar-refractivity contribution in [2.75, 3.05) is 0 Å². The fraction of sp³-hybridized carbons (Fsp3) is 0. The van der Waals surface area contributed by atoms with Crippen molar-refractivity contribution in [2.24, 2.45) is 0 Å². The number of allylic oxidation sites excluding steroid dienone is 1. The molecule has 0 aliphatic carbocycles. The van der Waals surface area contributed by atoms with E-state index >= 15 is 0 Å². The maximum Gasteiger partial charge on any atom is 0.164 e. The van der Waals surface area contributed by atoms with Gasteiger partial charge in [-0.1, -0.05) is 206 Å². The van der Waals surface area contributed by atoms with Crippen LogP contribution in [-0.4, -0.2) is 20.7 Å². The van der Waals surface area contributed by atoms with E-state index in [0.717, 1.165) is 83.1 Å². The smallest absolute Gasteiger partial charge is 0.164 e. The summed E-state index contributed by atoms with van der Waals surface area (Å²) in [7, 11) is 0. The van der Waals surface area contributed by atoms with Gasteiger partial charge < -0.3 is 5.41 Å². The molecule has 10 rings (SSSR count). The standard InChI is InChI=1S/C58H40N4/c59-55(45-23-12-4-13-24-45)39-54(43-21-10-3-11-22-43)52-28-16-27-44-31-34-48(38-53(44)52)42-29-32-47(33-30-42)57-60-56(46-25-14-5-15-26-46)61-58(62-57)51-36-49(40-17-6-1-7-18-40)35-50(37-51)41-19-8-2-9-20-41/h1-39,59H/b54-39-,59-55?. The maximum atomic E-state index is 9.06. The fourth-order valence-electron chi connectivity index (χ4n) is 7.98. The molecular formula is C58H40N4. The molecule has 292 valence electrons. The monoisotopic (exact) mass is 792 g/mol. The van der Waals surface area contributed by atoms with Crippen LogP contribution in [0.2, 0.25) is 0 Å². The summed E-state index contributed by atoms with van der Waals surface area (Å²) in [6, 6.07) is 79.4. The molecule has 4 nitrogen and oxygen atoms in total. The Hall–Kier alpha value is -8.34. The minimum absolute atomic E-state index is 0.464. The number of aromatic nitrogens is 3. The summed E-state index contributed by atoms with van der Waals surface area (Å²) in [4.78, 5) is 15.3. The molecule has 4 heteroatoms. The molecule has 0 spiro atoms. The molecule has 9 aromatic carbocycles. The van der Waals surface area contributed by atoms with Crippen LogP contribution in [0.15, 0.2) is 237 Å². The first-order chi connectivity index (χ1) is 30.6. The molecule has 0 radical (unpaired) electrons. The molecule has 0 fully saturated rings. The molecule has 0 aliphatic rings. The van der Waals surface area contributed by atoms with E-state index in [1.54, 1.807) is 0 Å². The lowest BCUT2D eigenvalue weighted by Gasteiger charge is -2.14. The molecule has 0 amide bonds. The largest absolute Gasteiger partial charge is 0.300 e. The van der Waals surface area contributed by atoms with E-state index in [1.807, 2.05) is 84.9 Å². The van der Waals surface area contributed by atoms with Crippen molar-refractivity contribution in [1.29, 1.82) is 5.41 Å². The second-order valence-corrected chi connectivity index (χ2v) is 15.2. The van der Waals surface area contributed by atoms with Crippen LogP contribution in [0.4, 0.5) is 0 Å². The van der Waals surface area contributed by atoms with E-state index < -0.39 is 0 Å². The molecule has 1 heterocycles. The Morgan fingerprint density at radius 3 is 1.31 bits per heavy atom. The van der Waals surface area contributed by atoms with Gasteiger partial charge >= 0.3 is 0 Å². The van der Waals surface area contributed by atoms with E-state index in [9.17, 15) is 0 Å². The Morgan fingerprint density at radius 2 is 0.742 bits per heavy atom. The van der Waals surface area contributed by atoms with Crippen molar-refractivity contribution in [3.05, 3.63) is 253 Å². The molecule has 62 heavy (non-hydrogen) atoms. The Balaban J connectivity index is 1.06. The number of benzene rings is 9. The predicted octanol–water partition coefficient (Wildman–Crippen LogP) is 14.5. The number of nitrogens with one attached hydrogen (secondary N) is 1. The van der Waals surface area contributed by atoms with E-state index in [2.05, 4.69) is 152 Å². The summed E-state index contributed by atoms with van der Waals surface area (Å²) in [6.07, 6.45) is 1.99. The quantitative estimate of drug-likeness (QED) is 0.140. The van der Waals surface area contributed by atoms with Gasteiger partial charge in [0.15, 0.2) is 17.5 Å². The van der Waals surface area contributed by atoms with Crippen LogP contribution >= 0.6 is 0 Å². The Bertz CT molecular complexity index is 3140. The molecule has 10 aromatic rings. The predicted molar refractivity (Wildman–Crippen MR) is 257 cm³/mol. The lowest BCUT2D eigenvalue weighted by Crippen LogP contribution is -2.00. The van der Waals surface area contributed by atoms with Gasteiger partial charge in [-0.05, 0) is 96.8 Å². The minimum Gasteiger partial charge on any atom is -0.300 e. The first-order valence-corrected chi connectivity index (χ1v) is 20.8. The Labute approximate surface area is 361 Å². The number of fused-ring (bicyclic) bond motifs is 1. The van der Waals surface area contributed by atoms with Crippen molar-refractivity contribution < 1.29 is 0 Å². The second kappa shape index (κ2) is 17.1. The molecule has 0 atom stereocenters. The van der Waals surface area contributed by atoms with Crippen molar-refractivity contribution in [3.8, 4) is 67.5 Å². The SMILES string of the molecule is N=C(/C=C(/c1ccccc1)c1cccc2ccc(-c3ccc(-c4nc(-c5ccccc5)nc(-c5cc(-c6ccccc6)cc(-c6ccccc6)c5)n4)cc3)cc12)c1ccccc1. The molecule has 0 saturated heterocycles. The zero-order valence-electron chi connectivity index (χ0n) is 33.9. The van der Waals surface area contributed by atoms with Gasteiger partial charge in [0.1, 0.15) is 0 Å². The molecule has 1 N–H and O–H groups in total. The van der Waals surface area contributed by atoms with Gasteiger partial charge in [0.2, 0.25) is 0 Å². The average molecular weight is 793 g/mol. The van der Waals surface area contributed by atoms with Crippen LogP contribution in [0, 0.1) is 5.41 Å². The molecule has 0 saturated carbocycles. The van der Waals surface area contributed by atoms with E-state index in [1.165, 1.54) is 0 Å². The van der Waals surface area contributed by atoms with Crippen LogP contribution in [0.25, 0.3) is 83.9 Å². The summed E-state index contributed by atoms with van der Waals surface area (Å²) < 4.78 is 0. The summed E-state index contributed by atoms with van der Waals surface area (Å²) >= 11 is 0. The molecule has 1 aromatic heterocycles. The van der Waals surface area contributed by atoms with Crippen molar-refractivity contribution in [2.45, 2.75) is 0 Å². The number of rotatable bonds is 10. The van der Waals surface area contributed by atoms with E-state index in [4.69, 9.17) is 20.4 Å². The van der Waals surface area contributed by atoms with Crippen LogP contribution in [0.3, 0.4) is 0 Å². The second-order valence-electron chi connectivity index (χ2n) is 15.2. The summed E-state index contributed by atoms with van der Waals surface area (Å²) in [5, 5.41) is 11.3. The van der Waals surface area contributed by atoms with Crippen LogP contribution in [0.5, 0.6) is 0 Å². The first kappa shape index (κ1) is 37.9. The third-order valence-corrected chi connectivity index (χ3v) is 11.2. The molecule has 0 unspecified atom stereocenters. The molecule has 0 aliphatic heterocycles. The summed E-state index contributed by atoms with van der Waals surface area (Å²) in [6.45, 7) is 0. The third-order valence-electron chi connectivity index (χ3n) is 11.2. The van der Waals surface area contributed by atoms with E-state index in [-0.39, 0.29) is 0 Å². The average Bonchev–Trinajstić information content (AvgIpc) is 3.36. The third kappa shape index (κ3) is 8.01. The number of hydrogen-bond donors (Lipinski definition) is 1. The van der Waals surface area contributed by atoms with Crippen molar-refractivity contribution in [1.82, 2.24) is 15.0 Å². The van der Waals surface area contributed by atoms with Gasteiger partial charge in [-0.3, -0.25) is 0 Å². The van der Waals surface area contributed by atoms with Gasteiger partial charge in [-0.15, -0.1) is 0 Å². The van der Waals surface area contributed by atoms with Gasteiger partial charge in [-0.2, -0.15) is 0 Å². The summed E-state index contributed by atoms with van der Waals surface area (Å²) in [5.74, 6) is 1.83. The van der Waals surface area contributed by atoms with Crippen LogP contribution in [0.1, 0.15) is 16.7 Å². The highest BCUT2D eigenvalue weighted by Crippen LogP contribution is 2.36. The number of nitrogens with zero attached hydrogens (tertiary/aromatic N) is 3. The van der Waals surface area contributed by atoms with E-state index in [0.29, 0.717) is 23.2 Å². The highest BCUT2D eigenvalue weighted by molar-refractivity contribution is 6.14. The zero-order valence-corrected chi connectivity index (χ0v) is 33.9. The lowest BCUT2D eigenvalue weighted by atomic mass is 9.90. The molecular weight excluding hydrogens is 753 g/mol. The molecule has 0 bridgehead atoms. The van der Waals surface area contributed by atoms with Gasteiger partial charge in [0, 0.05) is 16.7 Å². The van der Waals surface area contributed by atoms with Crippen molar-refractivity contribution >= 4 is 22.1 Å². The lowest BCUT2D eigenvalue weighted by molar-refractivity contribution is 1.07. The fourth-order valence-corrected chi connectivity index (χ4v) is 7.98. The summed E-state index contributed by atoms with van der Waals surface area (Å²) in [5.41, 5.74) is 13.8. The normalized spacial score (nSPS) is 11.4. The van der Waals surface area contributed by atoms with Crippen LogP contribution in [-0.2, 0) is 0 Å². The van der Waals surface area contributed by atoms with Gasteiger partial charge in [0.25, 0.3) is 0 Å².